The Hall–Kier alpha value is -2.00. The summed E-state index contributed by atoms with van der Waals surface area (Å²) >= 11 is 8.53. The number of carbonyl (C=O) groups is 1. The Kier molecular flexibility index (Phi) is 5.57. The highest BCUT2D eigenvalue weighted by Gasteiger charge is 2.16. The Morgan fingerprint density at radius 3 is 2.50 bits per heavy atom. The second-order valence-corrected chi connectivity index (χ2v) is 9.79. The quantitative estimate of drug-likeness (QED) is 0.614. The molecule has 1 aromatic carbocycles. The second kappa shape index (κ2) is 7.71. The summed E-state index contributed by atoms with van der Waals surface area (Å²) in [6.07, 6.45) is 4.35. The molecule has 0 unspecified atom stereocenters. The number of aromatic nitrogens is 1. The number of anilines is 1. The predicted octanol–water partition coefficient (Wildman–Crippen LogP) is 4.44. The third-order valence-electron chi connectivity index (χ3n) is 3.39. The van der Waals surface area contributed by atoms with E-state index in [2.05, 4.69) is 10.3 Å². The Bertz CT molecular complexity index is 1050. The van der Waals surface area contributed by atoms with Gasteiger partial charge in [0.1, 0.15) is 4.34 Å². The van der Waals surface area contributed by atoms with Gasteiger partial charge in [0.25, 0.3) is 5.91 Å². The van der Waals surface area contributed by atoms with E-state index in [0.29, 0.717) is 20.6 Å². The molecule has 5 nitrogen and oxygen atoms in total. The molecule has 0 saturated carbocycles. The van der Waals surface area contributed by atoms with E-state index in [-0.39, 0.29) is 10.8 Å². The maximum atomic E-state index is 12.8. The van der Waals surface area contributed by atoms with Gasteiger partial charge in [-0.15, -0.1) is 0 Å². The Labute approximate surface area is 163 Å². The first-order chi connectivity index (χ1) is 12.3. The van der Waals surface area contributed by atoms with Crippen LogP contribution in [0.15, 0.2) is 52.2 Å². The van der Waals surface area contributed by atoms with E-state index in [1.807, 2.05) is 16.8 Å². The maximum Gasteiger partial charge on any atom is 0.258 e. The lowest BCUT2D eigenvalue weighted by Gasteiger charge is -2.08. The van der Waals surface area contributed by atoms with Gasteiger partial charge in [0.2, 0.25) is 0 Å². The molecule has 0 aliphatic heterocycles. The maximum absolute atomic E-state index is 12.8. The Morgan fingerprint density at radius 1 is 1.23 bits per heavy atom. The van der Waals surface area contributed by atoms with Crippen molar-refractivity contribution in [2.24, 2.45) is 0 Å². The molecule has 2 aromatic heterocycles. The minimum absolute atomic E-state index is 0.197. The van der Waals surface area contributed by atoms with Crippen molar-refractivity contribution in [3.05, 3.63) is 62.8 Å². The summed E-state index contributed by atoms with van der Waals surface area (Å²) in [6.45, 7) is 0. The van der Waals surface area contributed by atoms with E-state index >= 15 is 0 Å². The van der Waals surface area contributed by atoms with E-state index in [1.54, 1.807) is 18.2 Å². The first kappa shape index (κ1) is 18.8. The molecule has 0 bridgehead atoms. The minimum atomic E-state index is -3.30. The van der Waals surface area contributed by atoms with E-state index in [4.69, 9.17) is 11.6 Å². The van der Waals surface area contributed by atoms with Crippen LogP contribution < -0.4 is 5.32 Å². The summed E-state index contributed by atoms with van der Waals surface area (Å²) in [5.74, 6) is -0.352. The van der Waals surface area contributed by atoms with Crippen LogP contribution in [-0.4, -0.2) is 25.6 Å². The van der Waals surface area contributed by atoms with Gasteiger partial charge in [0.05, 0.1) is 11.1 Å². The van der Waals surface area contributed by atoms with Gasteiger partial charge in [0.15, 0.2) is 15.0 Å². The zero-order chi connectivity index (χ0) is 18.7. The second-order valence-electron chi connectivity index (χ2n) is 5.33. The van der Waals surface area contributed by atoms with Gasteiger partial charge in [-0.2, -0.15) is 11.3 Å². The van der Waals surface area contributed by atoms with Crippen LogP contribution in [0.25, 0.3) is 11.6 Å². The number of hydrogen-bond donors (Lipinski definition) is 1. The molecule has 26 heavy (non-hydrogen) atoms. The van der Waals surface area contributed by atoms with Crippen LogP contribution in [0.5, 0.6) is 0 Å². The van der Waals surface area contributed by atoms with Crippen molar-refractivity contribution in [3.8, 4) is 0 Å². The monoisotopic (exact) mass is 424 g/mol. The van der Waals surface area contributed by atoms with Crippen molar-refractivity contribution in [3.63, 3.8) is 0 Å². The van der Waals surface area contributed by atoms with E-state index in [1.165, 1.54) is 29.7 Å². The number of benzene rings is 1. The predicted molar refractivity (Wildman–Crippen MR) is 107 cm³/mol. The molecule has 0 saturated heterocycles. The SMILES string of the molecule is CS(=O)(=O)c1ccc(/C(=C\c2ccsc2)C(=O)Nc2ncc(Cl)s2)cc1. The fourth-order valence-corrected chi connectivity index (χ4v) is 4.22. The van der Waals surface area contributed by atoms with E-state index in [9.17, 15) is 13.2 Å². The molecule has 3 aromatic rings. The van der Waals surface area contributed by atoms with Gasteiger partial charge in [-0.3, -0.25) is 10.1 Å². The number of sulfone groups is 1. The van der Waals surface area contributed by atoms with Gasteiger partial charge in [-0.25, -0.2) is 13.4 Å². The van der Waals surface area contributed by atoms with Crippen LogP contribution in [0.1, 0.15) is 11.1 Å². The van der Waals surface area contributed by atoms with Crippen molar-refractivity contribution >= 4 is 66.8 Å². The zero-order valence-corrected chi connectivity index (χ0v) is 16.7. The van der Waals surface area contributed by atoms with Crippen molar-refractivity contribution in [1.82, 2.24) is 4.98 Å². The standard InChI is InChI=1S/C17H13ClN2O3S3/c1-26(22,23)13-4-2-12(3-5-13)14(8-11-6-7-24-10-11)16(21)20-17-19-9-15(18)25-17/h2-10H,1H3,(H,19,20,21)/b14-8+. The molecule has 134 valence electrons. The van der Waals surface area contributed by atoms with Gasteiger partial charge in [-0.05, 0) is 46.2 Å². The number of nitrogens with one attached hydrogen (secondary N) is 1. The topological polar surface area (TPSA) is 76.1 Å². The lowest BCUT2D eigenvalue weighted by Crippen LogP contribution is -2.13. The average Bonchev–Trinajstić information content (AvgIpc) is 3.23. The zero-order valence-electron chi connectivity index (χ0n) is 13.5. The summed E-state index contributed by atoms with van der Waals surface area (Å²) in [5.41, 5.74) is 1.88. The largest absolute Gasteiger partial charge is 0.298 e. The molecule has 0 spiro atoms. The first-order valence-electron chi connectivity index (χ1n) is 7.30. The Morgan fingerprint density at radius 2 is 1.96 bits per heavy atom. The highest BCUT2D eigenvalue weighted by atomic mass is 35.5. The number of thiazole rings is 1. The van der Waals surface area contributed by atoms with E-state index < -0.39 is 9.84 Å². The molecule has 9 heteroatoms. The number of rotatable bonds is 5. The fourth-order valence-electron chi connectivity index (χ4n) is 2.16. The number of hydrogen-bond acceptors (Lipinski definition) is 6. The summed E-state index contributed by atoms with van der Waals surface area (Å²) in [7, 11) is -3.30. The van der Waals surface area contributed by atoms with Crippen LogP contribution in [0.4, 0.5) is 5.13 Å². The molecular weight excluding hydrogens is 412 g/mol. The molecule has 1 N–H and O–H groups in total. The van der Waals surface area contributed by atoms with Crippen LogP contribution in [0.3, 0.4) is 0 Å². The van der Waals surface area contributed by atoms with Crippen LogP contribution >= 0.6 is 34.3 Å². The third-order valence-corrected chi connectivity index (χ3v) is 6.25. The van der Waals surface area contributed by atoms with Gasteiger partial charge >= 0.3 is 0 Å². The first-order valence-corrected chi connectivity index (χ1v) is 11.3. The molecule has 1 amide bonds. The van der Waals surface area contributed by atoms with Crippen molar-refractivity contribution < 1.29 is 13.2 Å². The number of nitrogens with zero attached hydrogens (tertiary/aromatic N) is 1. The average molecular weight is 425 g/mol. The fraction of sp³-hybridized carbons (Fsp3) is 0.0588. The van der Waals surface area contributed by atoms with Crippen LogP contribution in [0.2, 0.25) is 4.34 Å². The molecule has 0 fully saturated rings. The van der Waals surface area contributed by atoms with Crippen molar-refractivity contribution in [2.45, 2.75) is 4.90 Å². The molecule has 2 heterocycles. The molecule has 0 atom stereocenters. The van der Waals surface area contributed by atoms with Gasteiger partial charge in [-0.1, -0.05) is 35.1 Å². The highest BCUT2D eigenvalue weighted by molar-refractivity contribution is 7.90. The number of halogens is 1. The van der Waals surface area contributed by atoms with Crippen LogP contribution in [-0.2, 0) is 14.6 Å². The van der Waals surface area contributed by atoms with Crippen LogP contribution in [0, 0.1) is 0 Å². The van der Waals surface area contributed by atoms with E-state index in [0.717, 1.165) is 23.2 Å². The molecule has 0 aliphatic carbocycles. The minimum Gasteiger partial charge on any atom is -0.298 e. The molecular formula is C17H13ClN2O3S3. The summed E-state index contributed by atoms with van der Waals surface area (Å²) in [4.78, 5) is 17.0. The van der Waals surface area contributed by atoms with Gasteiger partial charge in [0, 0.05) is 11.8 Å². The molecule has 0 radical (unpaired) electrons. The number of amides is 1. The lowest BCUT2D eigenvalue weighted by molar-refractivity contribution is -0.111. The summed E-state index contributed by atoms with van der Waals surface area (Å²) in [5, 5.41) is 6.94. The third kappa shape index (κ3) is 4.59. The molecule has 0 aliphatic rings. The Balaban J connectivity index is 1.97. The molecule has 3 rings (SSSR count). The van der Waals surface area contributed by atoms with Crippen molar-refractivity contribution in [2.75, 3.05) is 11.6 Å². The number of carbonyl (C=O) groups excluding carboxylic acids is 1. The normalized spacial score (nSPS) is 12.2. The smallest absolute Gasteiger partial charge is 0.258 e. The highest BCUT2D eigenvalue weighted by Crippen LogP contribution is 2.26. The van der Waals surface area contributed by atoms with Crippen molar-refractivity contribution in [1.29, 1.82) is 0 Å². The summed E-state index contributed by atoms with van der Waals surface area (Å²) in [6, 6.07) is 8.09. The lowest BCUT2D eigenvalue weighted by atomic mass is 10.0. The number of thiophene rings is 1. The van der Waals surface area contributed by atoms with Gasteiger partial charge < -0.3 is 0 Å². The summed E-state index contributed by atoms with van der Waals surface area (Å²) < 4.78 is 23.7.